The number of rotatable bonds is 5. The molecule has 0 N–H and O–H groups in total. The van der Waals surface area contributed by atoms with Crippen LogP contribution in [0, 0.1) is 13.8 Å². The van der Waals surface area contributed by atoms with E-state index in [2.05, 4.69) is 29.0 Å². The molecule has 1 aliphatic heterocycles. The smallest absolute Gasteiger partial charge is 0.231 e. The fourth-order valence-corrected chi connectivity index (χ4v) is 3.58. The Bertz CT molecular complexity index is 946. The highest BCUT2D eigenvalue weighted by Crippen LogP contribution is 2.36. The van der Waals surface area contributed by atoms with Gasteiger partial charge >= 0.3 is 0 Å². The lowest BCUT2D eigenvalue weighted by Crippen LogP contribution is -1.96. The van der Waals surface area contributed by atoms with E-state index < -0.39 is 0 Å². The van der Waals surface area contributed by atoms with Crippen LogP contribution in [0.15, 0.2) is 53.7 Å². The molecule has 6 heteroatoms. The fraction of sp³-hybridized carbons (Fsp3) is 0.200. The molecule has 4 rings (SSSR count). The van der Waals surface area contributed by atoms with E-state index in [0.717, 1.165) is 17.2 Å². The van der Waals surface area contributed by atoms with Crippen molar-refractivity contribution in [2.24, 2.45) is 0 Å². The average Bonchev–Trinajstić information content (AvgIpc) is 3.08. The molecule has 0 fully saturated rings. The van der Waals surface area contributed by atoms with Gasteiger partial charge in [-0.3, -0.25) is 0 Å². The predicted octanol–water partition coefficient (Wildman–Crippen LogP) is 4.91. The third-order valence-corrected chi connectivity index (χ3v) is 4.89. The number of thioether (sulfide) groups is 1. The highest BCUT2D eigenvalue weighted by Gasteiger charge is 2.14. The highest BCUT2D eigenvalue weighted by molar-refractivity contribution is 7.98. The molecule has 2 aromatic carbocycles. The van der Waals surface area contributed by atoms with Crippen LogP contribution in [0.4, 0.5) is 0 Å². The van der Waals surface area contributed by atoms with Crippen molar-refractivity contribution in [1.82, 2.24) is 9.97 Å². The quantitative estimate of drug-likeness (QED) is 0.472. The third-order valence-electron chi connectivity index (χ3n) is 3.99. The van der Waals surface area contributed by atoms with Crippen LogP contribution in [0.1, 0.15) is 16.8 Å². The zero-order valence-corrected chi connectivity index (χ0v) is 15.4. The summed E-state index contributed by atoms with van der Waals surface area (Å²) in [6, 6.07) is 15.6. The van der Waals surface area contributed by atoms with Gasteiger partial charge in [0.15, 0.2) is 16.7 Å². The Balaban J connectivity index is 1.50. The Morgan fingerprint density at radius 2 is 1.85 bits per heavy atom. The zero-order chi connectivity index (χ0) is 17.9. The minimum absolute atomic E-state index is 0.241. The average molecular weight is 366 g/mol. The van der Waals surface area contributed by atoms with Crippen LogP contribution >= 0.6 is 11.8 Å². The molecule has 0 atom stereocenters. The summed E-state index contributed by atoms with van der Waals surface area (Å²) >= 11 is 1.60. The van der Waals surface area contributed by atoms with Gasteiger partial charge in [0.1, 0.15) is 5.75 Å². The summed E-state index contributed by atoms with van der Waals surface area (Å²) in [7, 11) is 0. The Morgan fingerprint density at radius 1 is 1.00 bits per heavy atom. The summed E-state index contributed by atoms with van der Waals surface area (Å²) < 4.78 is 16.6. The molecule has 0 radical (unpaired) electrons. The molecule has 0 saturated carbocycles. The number of hydrogen-bond acceptors (Lipinski definition) is 6. The van der Waals surface area contributed by atoms with E-state index in [1.165, 1.54) is 11.1 Å². The van der Waals surface area contributed by atoms with Crippen LogP contribution in [0.3, 0.4) is 0 Å². The lowest BCUT2D eigenvalue weighted by atomic mass is 10.1. The van der Waals surface area contributed by atoms with E-state index in [4.69, 9.17) is 14.2 Å². The molecule has 2 heterocycles. The van der Waals surface area contributed by atoms with Crippen molar-refractivity contribution in [2.45, 2.75) is 24.8 Å². The normalized spacial score (nSPS) is 12.2. The van der Waals surface area contributed by atoms with Gasteiger partial charge in [0.25, 0.3) is 0 Å². The number of ether oxygens (including phenoxy) is 3. The summed E-state index contributed by atoms with van der Waals surface area (Å²) in [4.78, 5) is 9.03. The Kier molecular flexibility index (Phi) is 4.67. The first-order valence-corrected chi connectivity index (χ1v) is 9.26. The van der Waals surface area contributed by atoms with Crippen LogP contribution in [0.5, 0.6) is 23.1 Å². The van der Waals surface area contributed by atoms with Crippen molar-refractivity contribution < 1.29 is 14.2 Å². The number of nitrogens with zero attached hydrogens (tertiary/aromatic N) is 2. The molecule has 0 aliphatic carbocycles. The molecule has 132 valence electrons. The molecule has 26 heavy (non-hydrogen) atoms. The lowest BCUT2D eigenvalue weighted by Gasteiger charge is -2.09. The standard InChI is InChI=1S/C20H18N2O3S/c1-13-5-3-4-6-15(13)11-26-20-21-14(2)9-19(22-20)25-16-7-8-17-18(10-16)24-12-23-17/h3-10H,11-12H2,1-2H3. The molecule has 5 nitrogen and oxygen atoms in total. The van der Waals surface area contributed by atoms with Gasteiger partial charge in [-0.1, -0.05) is 36.0 Å². The maximum Gasteiger partial charge on any atom is 0.231 e. The molecular weight excluding hydrogens is 348 g/mol. The second-order valence-electron chi connectivity index (χ2n) is 5.96. The van der Waals surface area contributed by atoms with Gasteiger partial charge in [0.05, 0.1) is 0 Å². The fourth-order valence-electron chi connectivity index (χ4n) is 2.61. The molecule has 1 aromatic heterocycles. The summed E-state index contributed by atoms with van der Waals surface area (Å²) in [5.74, 6) is 3.40. The first-order valence-electron chi connectivity index (χ1n) is 8.28. The van der Waals surface area contributed by atoms with Gasteiger partial charge in [-0.15, -0.1) is 0 Å². The predicted molar refractivity (Wildman–Crippen MR) is 100 cm³/mol. The number of hydrogen-bond donors (Lipinski definition) is 0. The summed E-state index contributed by atoms with van der Waals surface area (Å²) in [6.45, 7) is 4.29. The summed E-state index contributed by atoms with van der Waals surface area (Å²) in [5.41, 5.74) is 3.41. The van der Waals surface area contributed by atoms with Crippen LogP contribution in [-0.4, -0.2) is 16.8 Å². The van der Waals surface area contributed by atoms with Crippen LogP contribution in [-0.2, 0) is 5.75 Å². The monoisotopic (exact) mass is 366 g/mol. The second kappa shape index (κ2) is 7.25. The lowest BCUT2D eigenvalue weighted by molar-refractivity contribution is 0.174. The van der Waals surface area contributed by atoms with Gasteiger partial charge < -0.3 is 14.2 Å². The Hall–Kier alpha value is -2.73. The minimum atomic E-state index is 0.241. The van der Waals surface area contributed by atoms with Crippen molar-refractivity contribution in [3.63, 3.8) is 0 Å². The molecule has 0 saturated heterocycles. The SMILES string of the molecule is Cc1cc(Oc2ccc3c(c2)OCO3)nc(SCc2ccccc2C)n1. The van der Waals surface area contributed by atoms with Gasteiger partial charge in [-0.25, -0.2) is 4.98 Å². The van der Waals surface area contributed by atoms with Crippen molar-refractivity contribution in [1.29, 1.82) is 0 Å². The molecule has 0 bridgehead atoms. The van der Waals surface area contributed by atoms with Crippen molar-refractivity contribution in [2.75, 3.05) is 6.79 Å². The summed E-state index contributed by atoms with van der Waals surface area (Å²) in [6.07, 6.45) is 0. The summed E-state index contributed by atoms with van der Waals surface area (Å²) in [5, 5.41) is 0.698. The van der Waals surface area contributed by atoms with Gasteiger partial charge in [0, 0.05) is 23.6 Å². The van der Waals surface area contributed by atoms with E-state index in [1.54, 1.807) is 17.8 Å². The Morgan fingerprint density at radius 3 is 2.73 bits per heavy atom. The largest absolute Gasteiger partial charge is 0.454 e. The van der Waals surface area contributed by atoms with E-state index in [1.807, 2.05) is 37.3 Å². The van der Waals surface area contributed by atoms with E-state index in [9.17, 15) is 0 Å². The molecule has 1 aliphatic rings. The Labute approximate surface area is 156 Å². The van der Waals surface area contributed by atoms with Crippen LogP contribution < -0.4 is 14.2 Å². The maximum atomic E-state index is 5.90. The van der Waals surface area contributed by atoms with Crippen molar-refractivity contribution >= 4 is 11.8 Å². The van der Waals surface area contributed by atoms with Gasteiger partial charge in [-0.05, 0) is 37.1 Å². The van der Waals surface area contributed by atoms with E-state index in [0.29, 0.717) is 22.5 Å². The number of fused-ring (bicyclic) bond motifs is 1. The molecular formula is C20H18N2O3S. The highest BCUT2D eigenvalue weighted by atomic mass is 32.2. The third kappa shape index (κ3) is 3.75. The maximum absolute atomic E-state index is 5.90. The topological polar surface area (TPSA) is 53.5 Å². The minimum Gasteiger partial charge on any atom is -0.454 e. The molecule has 3 aromatic rings. The van der Waals surface area contributed by atoms with Gasteiger partial charge in [-0.2, -0.15) is 4.98 Å². The van der Waals surface area contributed by atoms with Crippen molar-refractivity contribution in [3.05, 3.63) is 65.4 Å². The van der Waals surface area contributed by atoms with Crippen LogP contribution in [0.2, 0.25) is 0 Å². The number of benzene rings is 2. The van der Waals surface area contributed by atoms with Crippen LogP contribution in [0.25, 0.3) is 0 Å². The number of aryl methyl sites for hydroxylation is 2. The van der Waals surface area contributed by atoms with Gasteiger partial charge in [0.2, 0.25) is 12.7 Å². The molecule has 0 spiro atoms. The zero-order valence-electron chi connectivity index (χ0n) is 14.6. The van der Waals surface area contributed by atoms with E-state index >= 15 is 0 Å². The number of aromatic nitrogens is 2. The first-order chi connectivity index (χ1) is 12.7. The van der Waals surface area contributed by atoms with E-state index in [-0.39, 0.29) is 6.79 Å². The van der Waals surface area contributed by atoms with Crippen molar-refractivity contribution in [3.8, 4) is 23.1 Å². The molecule has 0 unspecified atom stereocenters. The first kappa shape index (κ1) is 16.7. The molecule has 0 amide bonds. The second-order valence-corrected chi connectivity index (χ2v) is 6.90.